The molecule has 0 amide bonds. The zero-order valence-electron chi connectivity index (χ0n) is 14.0. The van der Waals surface area contributed by atoms with Crippen LogP contribution in [0.15, 0.2) is 12.1 Å². The Morgan fingerprint density at radius 1 is 0.724 bits per heavy atom. The van der Waals surface area contributed by atoms with E-state index >= 15 is 0 Å². The Kier molecular flexibility index (Phi) is 5.03. The van der Waals surface area contributed by atoms with Gasteiger partial charge in [-0.2, -0.15) is 0 Å². The first-order chi connectivity index (χ1) is 13.4. The minimum absolute atomic E-state index is 0.215. The second-order valence-corrected chi connectivity index (χ2v) is 5.19. The number of phenols is 3. The molecule has 0 saturated heterocycles. The molecule has 0 bridgehead atoms. The van der Waals surface area contributed by atoms with E-state index in [4.69, 9.17) is 0 Å². The summed E-state index contributed by atoms with van der Waals surface area (Å²) >= 11 is 0. The van der Waals surface area contributed by atoms with Gasteiger partial charge < -0.3 is 20.1 Å². The van der Waals surface area contributed by atoms with Crippen molar-refractivity contribution in [3.63, 3.8) is 0 Å². The van der Waals surface area contributed by atoms with Gasteiger partial charge in [0.1, 0.15) is 0 Å². The van der Waals surface area contributed by atoms with E-state index < -0.39 is 76.6 Å². The Morgan fingerprint density at radius 3 is 1.52 bits per heavy atom. The van der Waals surface area contributed by atoms with Crippen LogP contribution in [-0.4, -0.2) is 42.1 Å². The third kappa shape index (κ3) is 3.20. The standard InChI is InChI=1S/C13H8N4O12/c1-29-7-3-5(15(23)24)9(11(13(7)20)17(27)28)8-4(14(21)22)2-6(18)12(19)10(8)16(25)26/h2-3,18-20H,1H3. The fraction of sp³-hybridized carbons (Fsp3) is 0.0769. The number of phenolic OH excluding ortho intramolecular Hbond substituents is 3. The van der Waals surface area contributed by atoms with Crippen LogP contribution in [0, 0.1) is 40.5 Å². The molecule has 2 aromatic rings. The van der Waals surface area contributed by atoms with Gasteiger partial charge >= 0.3 is 11.4 Å². The normalized spacial score (nSPS) is 10.4. The number of hydrogen-bond acceptors (Lipinski definition) is 12. The molecule has 152 valence electrons. The molecule has 16 heteroatoms. The summed E-state index contributed by atoms with van der Waals surface area (Å²) < 4.78 is 4.60. The summed E-state index contributed by atoms with van der Waals surface area (Å²) in [5.74, 6) is -4.93. The Hall–Kier alpha value is -4.76. The number of aromatic hydroxyl groups is 3. The first kappa shape index (κ1) is 20.6. The Morgan fingerprint density at radius 2 is 1.14 bits per heavy atom. The van der Waals surface area contributed by atoms with E-state index in [1.54, 1.807) is 0 Å². The van der Waals surface area contributed by atoms with Crippen LogP contribution in [0.2, 0.25) is 0 Å². The van der Waals surface area contributed by atoms with Gasteiger partial charge in [-0.1, -0.05) is 0 Å². The van der Waals surface area contributed by atoms with Crippen molar-refractivity contribution in [3.05, 3.63) is 52.6 Å². The van der Waals surface area contributed by atoms with Crippen LogP contribution in [0.4, 0.5) is 22.7 Å². The van der Waals surface area contributed by atoms with Crippen molar-refractivity contribution in [3.8, 4) is 34.1 Å². The van der Waals surface area contributed by atoms with Gasteiger partial charge in [0.05, 0.1) is 38.9 Å². The lowest BCUT2D eigenvalue weighted by molar-refractivity contribution is -0.397. The summed E-state index contributed by atoms with van der Waals surface area (Å²) in [6, 6.07) is 0.668. The molecular weight excluding hydrogens is 404 g/mol. The molecule has 0 aliphatic heterocycles. The van der Waals surface area contributed by atoms with Gasteiger partial charge in [0.25, 0.3) is 11.4 Å². The molecule has 2 aromatic carbocycles. The first-order valence-corrected chi connectivity index (χ1v) is 7.04. The van der Waals surface area contributed by atoms with Crippen LogP contribution in [-0.2, 0) is 0 Å². The summed E-state index contributed by atoms with van der Waals surface area (Å²) in [7, 11) is 0.902. The average Bonchev–Trinajstić information content (AvgIpc) is 2.61. The lowest BCUT2D eigenvalue weighted by Crippen LogP contribution is -2.05. The predicted molar refractivity (Wildman–Crippen MR) is 90.0 cm³/mol. The van der Waals surface area contributed by atoms with Crippen LogP contribution in [0.3, 0.4) is 0 Å². The molecule has 0 aromatic heterocycles. The van der Waals surface area contributed by atoms with Crippen molar-refractivity contribution in [2.75, 3.05) is 7.11 Å². The Bertz CT molecular complexity index is 1100. The zero-order chi connectivity index (χ0) is 22.2. The SMILES string of the molecule is COc1cc([N+](=O)[O-])c(-c2c([N+](=O)[O-])cc(O)c(O)c2[N+](=O)[O-])c([N+](=O)[O-])c1O. The summed E-state index contributed by atoms with van der Waals surface area (Å²) in [6.07, 6.45) is 0. The first-order valence-electron chi connectivity index (χ1n) is 7.04. The van der Waals surface area contributed by atoms with E-state index in [1.807, 2.05) is 0 Å². The molecule has 0 aliphatic carbocycles. The number of hydrogen-bond donors (Lipinski definition) is 3. The fourth-order valence-corrected chi connectivity index (χ4v) is 2.54. The zero-order valence-corrected chi connectivity index (χ0v) is 14.0. The van der Waals surface area contributed by atoms with Gasteiger partial charge in [0, 0.05) is 0 Å². The maximum absolute atomic E-state index is 11.5. The average molecular weight is 412 g/mol. The quantitative estimate of drug-likeness (QED) is 0.351. The number of nitrogens with zero attached hydrogens (tertiary/aromatic N) is 4. The van der Waals surface area contributed by atoms with Crippen molar-refractivity contribution in [1.82, 2.24) is 0 Å². The van der Waals surface area contributed by atoms with Gasteiger partial charge in [-0.25, -0.2) is 0 Å². The molecular formula is C13H8N4O12. The summed E-state index contributed by atoms with van der Waals surface area (Å²) in [4.78, 5) is 40.3. The van der Waals surface area contributed by atoms with Crippen molar-refractivity contribution in [2.45, 2.75) is 0 Å². The van der Waals surface area contributed by atoms with Crippen molar-refractivity contribution in [2.24, 2.45) is 0 Å². The van der Waals surface area contributed by atoms with Crippen LogP contribution in [0.5, 0.6) is 23.0 Å². The van der Waals surface area contributed by atoms with Crippen LogP contribution in [0.25, 0.3) is 11.1 Å². The van der Waals surface area contributed by atoms with Crippen molar-refractivity contribution < 1.29 is 39.7 Å². The molecule has 0 aliphatic rings. The molecule has 0 saturated carbocycles. The molecule has 0 atom stereocenters. The number of methoxy groups -OCH3 is 1. The third-order valence-corrected chi connectivity index (χ3v) is 3.68. The molecule has 0 radical (unpaired) electrons. The highest BCUT2D eigenvalue weighted by Crippen LogP contribution is 2.56. The molecule has 0 unspecified atom stereocenters. The maximum atomic E-state index is 11.5. The smallest absolute Gasteiger partial charge is 0.329 e. The largest absolute Gasteiger partial charge is 0.504 e. The van der Waals surface area contributed by atoms with E-state index in [0.717, 1.165) is 7.11 Å². The van der Waals surface area contributed by atoms with Gasteiger partial charge in [-0.3, -0.25) is 40.5 Å². The number of nitro benzene ring substituents is 4. The van der Waals surface area contributed by atoms with E-state index in [0.29, 0.717) is 6.07 Å². The predicted octanol–water partition coefficient (Wildman–Crippen LogP) is 2.11. The molecule has 16 nitrogen and oxygen atoms in total. The summed E-state index contributed by atoms with van der Waals surface area (Å²) in [5, 5.41) is 75.1. The van der Waals surface area contributed by atoms with Crippen LogP contribution >= 0.6 is 0 Å². The maximum Gasteiger partial charge on any atom is 0.329 e. The topological polar surface area (TPSA) is 242 Å². The van der Waals surface area contributed by atoms with E-state index in [2.05, 4.69) is 4.74 Å². The second kappa shape index (κ2) is 7.10. The van der Waals surface area contributed by atoms with Gasteiger partial charge in [-0.15, -0.1) is 0 Å². The number of nitro groups is 4. The van der Waals surface area contributed by atoms with Crippen LogP contribution < -0.4 is 4.74 Å². The van der Waals surface area contributed by atoms with E-state index in [1.165, 1.54) is 0 Å². The van der Waals surface area contributed by atoms with Crippen molar-refractivity contribution >= 4 is 22.7 Å². The molecule has 29 heavy (non-hydrogen) atoms. The highest BCUT2D eigenvalue weighted by atomic mass is 16.6. The van der Waals surface area contributed by atoms with Gasteiger partial charge in [-0.05, 0) is 0 Å². The fourth-order valence-electron chi connectivity index (χ4n) is 2.54. The molecule has 0 heterocycles. The van der Waals surface area contributed by atoms with Crippen molar-refractivity contribution in [1.29, 1.82) is 0 Å². The lowest BCUT2D eigenvalue weighted by atomic mass is 9.96. The summed E-state index contributed by atoms with van der Waals surface area (Å²) in [5.41, 5.74) is -8.50. The Labute approximate surface area is 157 Å². The molecule has 3 N–H and O–H groups in total. The van der Waals surface area contributed by atoms with Gasteiger partial charge in [0.15, 0.2) is 22.6 Å². The minimum atomic E-state index is -1.62. The highest BCUT2D eigenvalue weighted by molar-refractivity contribution is 5.97. The third-order valence-electron chi connectivity index (χ3n) is 3.68. The second-order valence-electron chi connectivity index (χ2n) is 5.19. The van der Waals surface area contributed by atoms with E-state index in [9.17, 15) is 55.8 Å². The number of benzene rings is 2. The highest BCUT2D eigenvalue weighted by Gasteiger charge is 2.44. The minimum Gasteiger partial charge on any atom is -0.504 e. The lowest BCUT2D eigenvalue weighted by Gasteiger charge is -2.11. The summed E-state index contributed by atoms with van der Waals surface area (Å²) in [6.45, 7) is 0. The molecule has 0 fully saturated rings. The van der Waals surface area contributed by atoms with Gasteiger partial charge in [0.2, 0.25) is 11.5 Å². The Balaban J connectivity index is 3.30. The number of ether oxygens (including phenoxy) is 1. The number of rotatable bonds is 6. The molecule has 0 spiro atoms. The van der Waals surface area contributed by atoms with Crippen LogP contribution in [0.1, 0.15) is 0 Å². The van der Waals surface area contributed by atoms with E-state index in [-0.39, 0.29) is 6.07 Å². The molecule has 2 rings (SSSR count). The monoisotopic (exact) mass is 412 g/mol.